The standard InChI is InChI=1S/C28H34N2/c1-6-22-20-24(29-7-2)16-19-27(22)28(26-13-11-10-12-21(26)5)23-14-17-25(18-15-23)30(8-3)9-4/h10-20H,6-9H2,1-5H3/p+1. The van der Waals surface area contributed by atoms with E-state index in [1.54, 1.807) is 0 Å². The summed E-state index contributed by atoms with van der Waals surface area (Å²) in [5, 5.41) is 3.46. The van der Waals surface area contributed by atoms with Crippen LogP contribution in [0.5, 0.6) is 0 Å². The van der Waals surface area contributed by atoms with Crippen LogP contribution in [0.1, 0.15) is 49.9 Å². The number of nitrogens with one attached hydrogen (secondary N) is 1. The lowest BCUT2D eigenvalue weighted by atomic mass is 9.85. The van der Waals surface area contributed by atoms with Crippen LogP contribution < -0.4 is 5.32 Å². The zero-order valence-electron chi connectivity index (χ0n) is 19.1. The molecule has 0 spiro atoms. The predicted molar refractivity (Wildman–Crippen MR) is 132 cm³/mol. The normalized spacial score (nSPS) is 13.0. The molecule has 156 valence electrons. The van der Waals surface area contributed by atoms with Crippen molar-refractivity contribution in [3.63, 3.8) is 0 Å². The molecule has 2 aromatic rings. The number of hydrogen-bond acceptors (Lipinski definition) is 1. The summed E-state index contributed by atoms with van der Waals surface area (Å²) < 4.78 is 2.39. The van der Waals surface area contributed by atoms with E-state index in [-0.39, 0.29) is 0 Å². The molecule has 0 heterocycles. The van der Waals surface area contributed by atoms with E-state index in [9.17, 15) is 0 Å². The number of benzene rings is 2. The predicted octanol–water partition coefficient (Wildman–Crippen LogP) is 6.41. The maximum Gasteiger partial charge on any atom is 0.199 e. The second kappa shape index (κ2) is 10.2. The second-order valence-electron chi connectivity index (χ2n) is 7.66. The summed E-state index contributed by atoms with van der Waals surface area (Å²) in [6.07, 6.45) is 10.1. The highest BCUT2D eigenvalue weighted by Crippen LogP contribution is 2.34. The summed E-state index contributed by atoms with van der Waals surface area (Å²) in [5.74, 6) is 0. The molecule has 0 unspecified atom stereocenters. The maximum atomic E-state index is 3.46. The zero-order chi connectivity index (χ0) is 21.5. The van der Waals surface area contributed by atoms with Crippen molar-refractivity contribution in [3.8, 4) is 0 Å². The number of hydrogen-bond donors (Lipinski definition) is 1. The average molecular weight is 400 g/mol. The fourth-order valence-electron chi connectivity index (χ4n) is 4.18. The maximum absolute atomic E-state index is 3.46. The SMILES string of the molecule is CCNc1ccc(C(=C2C=CC(=[N+](CC)CC)C=C2)c2ccccc2C)c(CC)c1. The molecule has 0 saturated carbocycles. The van der Waals surface area contributed by atoms with Crippen LogP contribution in [0.4, 0.5) is 5.69 Å². The smallest absolute Gasteiger partial charge is 0.199 e. The van der Waals surface area contributed by atoms with Gasteiger partial charge in [0.2, 0.25) is 0 Å². The van der Waals surface area contributed by atoms with Gasteiger partial charge in [0, 0.05) is 24.4 Å². The molecule has 1 aliphatic carbocycles. The van der Waals surface area contributed by atoms with Gasteiger partial charge in [-0.05, 0) is 91.8 Å². The van der Waals surface area contributed by atoms with Crippen molar-refractivity contribution in [2.45, 2.75) is 41.0 Å². The molecule has 0 fully saturated rings. The van der Waals surface area contributed by atoms with Gasteiger partial charge >= 0.3 is 0 Å². The molecule has 2 nitrogen and oxygen atoms in total. The van der Waals surface area contributed by atoms with Crippen molar-refractivity contribution >= 4 is 17.0 Å². The number of aryl methyl sites for hydroxylation is 2. The summed E-state index contributed by atoms with van der Waals surface area (Å²) in [5.41, 5.74) is 10.4. The van der Waals surface area contributed by atoms with Crippen LogP contribution in [-0.2, 0) is 6.42 Å². The summed E-state index contributed by atoms with van der Waals surface area (Å²) in [6.45, 7) is 14.0. The van der Waals surface area contributed by atoms with Gasteiger partial charge in [-0.3, -0.25) is 0 Å². The summed E-state index contributed by atoms with van der Waals surface area (Å²) in [4.78, 5) is 0. The zero-order valence-corrected chi connectivity index (χ0v) is 19.1. The quantitative estimate of drug-likeness (QED) is 0.532. The van der Waals surface area contributed by atoms with Gasteiger partial charge in [-0.2, -0.15) is 0 Å². The van der Waals surface area contributed by atoms with Crippen LogP contribution in [0, 0.1) is 6.92 Å². The van der Waals surface area contributed by atoms with Crippen molar-refractivity contribution < 1.29 is 4.58 Å². The molecule has 3 rings (SSSR count). The van der Waals surface area contributed by atoms with E-state index in [2.05, 4.69) is 111 Å². The van der Waals surface area contributed by atoms with Crippen LogP contribution >= 0.6 is 0 Å². The van der Waals surface area contributed by atoms with Crippen molar-refractivity contribution in [3.05, 3.63) is 94.6 Å². The lowest BCUT2D eigenvalue weighted by Crippen LogP contribution is -2.19. The summed E-state index contributed by atoms with van der Waals surface area (Å²) >= 11 is 0. The Morgan fingerprint density at radius 1 is 0.833 bits per heavy atom. The van der Waals surface area contributed by atoms with Gasteiger partial charge in [0.1, 0.15) is 13.1 Å². The monoisotopic (exact) mass is 399 g/mol. The van der Waals surface area contributed by atoms with E-state index >= 15 is 0 Å². The highest BCUT2D eigenvalue weighted by Gasteiger charge is 2.17. The van der Waals surface area contributed by atoms with Gasteiger partial charge in [0.15, 0.2) is 5.71 Å². The molecule has 0 amide bonds. The molecule has 0 atom stereocenters. The van der Waals surface area contributed by atoms with Crippen molar-refractivity contribution in [2.24, 2.45) is 0 Å². The minimum absolute atomic E-state index is 0.934. The van der Waals surface area contributed by atoms with Gasteiger partial charge in [0.05, 0.1) is 0 Å². The fraction of sp³-hybridized carbons (Fsp3) is 0.321. The highest BCUT2D eigenvalue weighted by atomic mass is 15.0. The third-order valence-corrected chi connectivity index (χ3v) is 5.84. The molecule has 0 saturated heterocycles. The Morgan fingerprint density at radius 2 is 1.53 bits per heavy atom. The average Bonchev–Trinajstić information content (AvgIpc) is 2.78. The van der Waals surface area contributed by atoms with E-state index in [0.717, 1.165) is 26.1 Å². The molecular formula is C28H35N2+. The Hall–Kier alpha value is -2.87. The molecule has 1 aliphatic rings. The highest BCUT2D eigenvalue weighted by molar-refractivity contribution is 6.04. The molecule has 0 radical (unpaired) electrons. The first kappa shape index (κ1) is 21.8. The van der Waals surface area contributed by atoms with E-state index in [0.29, 0.717) is 0 Å². The molecule has 0 aromatic heterocycles. The first-order valence-electron chi connectivity index (χ1n) is 11.3. The summed E-state index contributed by atoms with van der Waals surface area (Å²) in [7, 11) is 0. The largest absolute Gasteiger partial charge is 0.385 e. The number of rotatable bonds is 7. The van der Waals surface area contributed by atoms with E-state index in [1.807, 2.05) is 0 Å². The van der Waals surface area contributed by atoms with Gasteiger partial charge in [-0.1, -0.05) is 37.3 Å². The molecular weight excluding hydrogens is 364 g/mol. The molecule has 0 aliphatic heterocycles. The Morgan fingerprint density at radius 3 is 2.13 bits per heavy atom. The molecule has 1 N–H and O–H groups in total. The van der Waals surface area contributed by atoms with Crippen molar-refractivity contribution in [1.29, 1.82) is 0 Å². The first-order chi connectivity index (χ1) is 14.6. The van der Waals surface area contributed by atoms with Gasteiger partial charge < -0.3 is 5.32 Å². The first-order valence-corrected chi connectivity index (χ1v) is 11.3. The third-order valence-electron chi connectivity index (χ3n) is 5.84. The third kappa shape index (κ3) is 4.64. The van der Waals surface area contributed by atoms with Crippen LogP contribution in [-0.4, -0.2) is 29.9 Å². The minimum Gasteiger partial charge on any atom is -0.385 e. The van der Waals surface area contributed by atoms with Gasteiger partial charge in [0.25, 0.3) is 0 Å². The Labute approximate surface area is 182 Å². The van der Waals surface area contributed by atoms with Gasteiger partial charge in [-0.15, -0.1) is 0 Å². The molecule has 30 heavy (non-hydrogen) atoms. The van der Waals surface area contributed by atoms with Crippen LogP contribution in [0.3, 0.4) is 0 Å². The molecule has 2 heteroatoms. The van der Waals surface area contributed by atoms with Crippen LogP contribution in [0.25, 0.3) is 5.57 Å². The van der Waals surface area contributed by atoms with E-state index in [1.165, 1.54) is 44.8 Å². The lowest BCUT2D eigenvalue weighted by molar-refractivity contribution is -0.519. The van der Waals surface area contributed by atoms with Crippen LogP contribution in [0.2, 0.25) is 0 Å². The van der Waals surface area contributed by atoms with E-state index in [4.69, 9.17) is 0 Å². The second-order valence-corrected chi connectivity index (χ2v) is 7.66. The Bertz CT molecular complexity index is 995. The lowest BCUT2D eigenvalue weighted by Gasteiger charge is -2.19. The number of anilines is 1. The summed E-state index contributed by atoms with van der Waals surface area (Å²) in [6, 6.07) is 15.5. The number of nitrogens with zero attached hydrogens (tertiary/aromatic N) is 1. The minimum atomic E-state index is 0.934. The Kier molecular flexibility index (Phi) is 7.46. The molecule has 2 aromatic carbocycles. The van der Waals surface area contributed by atoms with E-state index < -0.39 is 0 Å². The topological polar surface area (TPSA) is 15.0 Å². The Balaban J connectivity index is 2.21. The van der Waals surface area contributed by atoms with Crippen molar-refractivity contribution in [1.82, 2.24) is 0 Å². The van der Waals surface area contributed by atoms with Crippen LogP contribution in [0.15, 0.2) is 72.3 Å². The molecule has 0 bridgehead atoms. The van der Waals surface area contributed by atoms with Crippen molar-refractivity contribution in [2.75, 3.05) is 25.0 Å². The fourth-order valence-corrected chi connectivity index (χ4v) is 4.18. The van der Waals surface area contributed by atoms with Gasteiger partial charge in [-0.25, -0.2) is 4.58 Å². The number of allylic oxidation sites excluding steroid dienone is 5.